The standard InChI is InChI=1S/C18H27FN2O2/c1-14-10-15(2)12-21(11-14)18(22)13-20(3)8-9-23-17-6-4-16(19)5-7-17/h4-7,14-15H,8-13H2,1-3H3. The molecule has 2 atom stereocenters. The van der Waals surface area contributed by atoms with Crippen molar-refractivity contribution in [2.75, 3.05) is 39.8 Å². The Kier molecular flexibility index (Phi) is 6.39. The molecule has 1 heterocycles. The molecule has 0 aliphatic carbocycles. The maximum atomic E-state index is 12.8. The number of likely N-dealkylation sites (tertiary alicyclic amines) is 1. The van der Waals surface area contributed by atoms with Gasteiger partial charge >= 0.3 is 0 Å². The SMILES string of the molecule is CC1CC(C)CN(C(=O)CN(C)CCOc2ccc(F)cc2)C1. The van der Waals surface area contributed by atoms with Crippen LogP contribution >= 0.6 is 0 Å². The van der Waals surface area contributed by atoms with Crippen molar-refractivity contribution < 1.29 is 13.9 Å². The highest BCUT2D eigenvalue weighted by Crippen LogP contribution is 2.21. The number of halogens is 1. The summed E-state index contributed by atoms with van der Waals surface area (Å²) in [5.74, 6) is 1.71. The molecular formula is C18H27FN2O2. The minimum Gasteiger partial charge on any atom is -0.492 e. The van der Waals surface area contributed by atoms with E-state index in [1.54, 1.807) is 12.1 Å². The molecule has 23 heavy (non-hydrogen) atoms. The van der Waals surface area contributed by atoms with Crippen molar-refractivity contribution >= 4 is 5.91 Å². The zero-order chi connectivity index (χ0) is 16.8. The lowest BCUT2D eigenvalue weighted by Gasteiger charge is -2.35. The number of rotatable bonds is 6. The van der Waals surface area contributed by atoms with Crippen LogP contribution in [0, 0.1) is 17.7 Å². The van der Waals surface area contributed by atoms with Crippen LogP contribution in [0.25, 0.3) is 0 Å². The average Bonchev–Trinajstić information content (AvgIpc) is 2.48. The second kappa shape index (κ2) is 8.29. The molecule has 0 N–H and O–H groups in total. The quantitative estimate of drug-likeness (QED) is 0.807. The lowest BCUT2D eigenvalue weighted by Crippen LogP contribution is -2.46. The lowest BCUT2D eigenvalue weighted by atomic mass is 9.92. The Labute approximate surface area is 138 Å². The van der Waals surface area contributed by atoms with Crippen LogP contribution in [-0.4, -0.2) is 55.5 Å². The number of likely N-dealkylation sites (N-methyl/N-ethyl adjacent to an activating group) is 1. The molecule has 2 rings (SSSR count). The van der Waals surface area contributed by atoms with E-state index in [9.17, 15) is 9.18 Å². The van der Waals surface area contributed by atoms with E-state index >= 15 is 0 Å². The molecule has 2 unspecified atom stereocenters. The van der Waals surface area contributed by atoms with E-state index in [2.05, 4.69) is 13.8 Å². The van der Waals surface area contributed by atoms with Gasteiger partial charge in [0.15, 0.2) is 0 Å². The Hall–Kier alpha value is -1.62. The van der Waals surface area contributed by atoms with Crippen molar-refractivity contribution in [2.45, 2.75) is 20.3 Å². The van der Waals surface area contributed by atoms with Crippen LogP contribution < -0.4 is 4.74 Å². The van der Waals surface area contributed by atoms with E-state index in [4.69, 9.17) is 4.74 Å². The molecule has 1 amide bonds. The molecule has 0 radical (unpaired) electrons. The second-order valence-electron chi connectivity index (χ2n) is 6.78. The summed E-state index contributed by atoms with van der Waals surface area (Å²) < 4.78 is 18.4. The summed E-state index contributed by atoms with van der Waals surface area (Å²) in [5, 5.41) is 0. The third kappa shape index (κ3) is 5.82. The van der Waals surface area contributed by atoms with Crippen LogP contribution in [-0.2, 0) is 4.79 Å². The number of nitrogens with zero attached hydrogens (tertiary/aromatic N) is 2. The molecule has 4 nitrogen and oxygen atoms in total. The molecule has 1 saturated heterocycles. The molecule has 0 saturated carbocycles. The van der Waals surface area contributed by atoms with Gasteiger partial charge in [-0.1, -0.05) is 13.8 Å². The first kappa shape index (κ1) is 17.7. The van der Waals surface area contributed by atoms with Gasteiger partial charge in [-0.3, -0.25) is 9.69 Å². The molecular weight excluding hydrogens is 295 g/mol. The number of piperidine rings is 1. The number of hydrogen-bond acceptors (Lipinski definition) is 3. The summed E-state index contributed by atoms with van der Waals surface area (Å²) >= 11 is 0. The number of ether oxygens (including phenoxy) is 1. The topological polar surface area (TPSA) is 32.8 Å². The highest BCUT2D eigenvalue weighted by atomic mass is 19.1. The fourth-order valence-corrected chi connectivity index (χ4v) is 3.13. The Balaban J connectivity index is 1.70. The van der Waals surface area contributed by atoms with E-state index in [0.717, 1.165) is 13.1 Å². The molecule has 1 aliphatic heterocycles. The van der Waals surface area contributed by atoms with Crippen LogP contribution in [0.1, 0.15) is 20.3 Å². The molecule has 1 aromatic rings. The molecule has 1 aliphatic rings. The van der Waals surface area contributed by atoms with Crippen molar-refractivity contribution in [1.29, 1.82) is 0 Å². The summed E-state index contributed by atoms with van der Waals surface area (Å²) in [5.41, 5.74) is 0. The van der Waals surface area contributed by atoms with Crippen molar-refractivity contribution in [2.24, 2.45) is 11.8 Å². The van der Waals surface area contributed by atoms with Crippen LogP contribution in [0.2, 0.25) is 0 Å². The van der Waals surface area contributed by atoms with Gasteiger partial charge in [0.2, 0.25) is 5.91 Å². The van der Waals surface area contributed by atoms with Gasteiger partial charge in [0.1, 0.15) is 18.2 Å². The summed E-state index contributed by atoms with van der Waals surface area (Å²) in [6.45, 7) is 7.68. The van der Waals surface area contributed by atoms with Crippen molar-refractivity contribution in [3.63, 3.8) is 0 Å². The highest BCUT2D eigenvalue weighted by molar-refractivity contribution is 5.78. The Morgan fingerprint density at radius 3 is 2.48 bits per heavy atom. The smallest absolute Gasteiger partial charge is 0.236 e. The van der Waals surface area contributed by atoms with Gasteiger partial charge < -0.3 is 9.64 Å². The minimum atomic E-state index is -0.273. The van der Waals surface area contributed by atoms with Gasteiger partial charge in [0.05, 0.1) is 6.54 Å². The predicted octanol–water partition coefficient (Wildman–Crippen LogP) is 2.64. The Morgan fingerprint density at radius 2 is 1.87 bits per heavy atom. The molecule has 128 valence electrons. The Morgan fingerprint density at radius 1 is 1.26 bits per heavy atom. The van der Waals surface area contributed by atoms with E-state index < -0.39 is 0 Å². The Bertz CT molecular complexity index is 496. The summed E-state index contributed by atoms with van der Waals surface area (Å²) in [6.07, 6.45) is 1.20. The van der Waals surface area contributed by atoms with Crippen molar-refractivity contribution in [3.05, 3.63) is 30.1 Å². The predicted molar refractivity (Wildman–Crippen MR) is 88.9 cm³/mol. The summed E-state index contributed by atoms with van der Waals surface area (Å²) in [7, 11) is 1.92. The van der Waals surface area contributed by atoms with Crippen LogP contribution in [0.4, 0.5) is 4.39 Å². The fraction of sp³-hybridized carbons (Fsp3) is 0.611. The third-order valence-corrected chi connectivity index (χ3v) is 4.18. The first-order valence-electron chi connectivity index (χ1n) is 8.28. The highest BCUT2D eigenvalue weighted by Gasteiger charge is 2.25. The first-order chi connectivity index (χ1) is 10.9. The van der Waals surface area contributed by atoms with Gasteiger partial charge in [-0.15, -0.1) is 0 Å². The van der Waals surface area contributed by atoms with E-state index in [1.807, 2.05) is 16.8 Å². The molecule has 0 spiro atoms. The van der Waals surface area contributed by atoms with Crippen LogP contribution in [0.15, 0.2) is 24.3 Å². The minimum absolute atomic E-state index is 0.188. The zero-order valence-electron chi connectivity index (χ0n) is 14.3. The number of benzene rings is 1. The van der Waals surface area contributed by atoms with E-state index in [0.29, 0.717) is 37.3 Å². The lowest BCUT2D eigenvalue weighted by molar-refractivity contribution is -0.134. The van der Waals surface area contributed by atoms with Crippen molar-refractivity contribution in [1.82, 2.24) is 9.80 Å². The summed E-state index contributed by atoms with van der Waals surface area (Å²) in [6, 6.07) is 5.97. The van der Waals surface area contributed by atoms with Gasteiger partial charge in [-0.05, 0) is 49.6 Å². The number of amides is 1. The normalized spacial score (nSPS) is 21.5. The number of carbonyl (C=O) groups is 1. The third-order valence-electron chi connectivity index (χ3n) is 4.18. The van der Waals surface area contributed by atoms with Gasteiger partial charge in [-0.2, -0.15) is 0 Å². The maximum Gasteiger partial charge on any atom is 0.236 e. The summed E-state index contributed by atoms with van der Waals surface area (Å²) in [4.78, 5) is 16.3. The molecule has 1 fully saturated rings. The van der Waals surface area contributed by atoms with Crippen LogP contribution in [0.5, 0.6) is 5.75 Å². The molecule has 0 aromatic heterocycles. The van der Waals surface area contributed by atoms with E-state index in [1.165, 1.54) is 18.6 Å². The van der Waals surface area contributed by atoms with E-state index in [-0.39, 0.29) is 11.7 Å². The largest absolute Gasteiger partial charge is 0.492 e. The van der Waals surface area contributed by atoms with Gasteiger partial charge in [0.25, 0.3) is 0 Å². The van der Waals surface area contributed by atoms with Crippen molar-refractivity contribution in [3.8, 4) is 5.75 Å². The second-order valence-corrected chi connectivity index (χ2v) is 6.78. The zero-order valence-corrected chi connectivity index (χ0v) is 14.3. The number of carbonyl (C=O) groups excluding carboxylic acids is 1. The molecule has 1 aromatic carbocycles. The molecule has 0 bridgehead atoms. The van der Waals surface area contributed by atoms with Gasteiger partial charge in [-0.25, -0.2) is 4.39 Å². The van der Waals surface area contributed by atoms with Gasteiger partial charge in [0, 0.05) is 19.6 Å². The van der Waals surface area contributed by atoms with Crippen LogP contribution in [0.3, 0.4) is 0 Å². The number of hydrogen-bond donors (Lipinski definition) is 0. The molecule has 5 heteroatoms. The monoisotopic (exact) mass is 322 g/mol. The fourth-order valence-electron chi connectivity index (χ4n) is 3.13. The maximum absolute atomic E-state index is 12.8. The first-order valence-corrected chi connectivity index (χ1v) is 8.28. The average molecular weight is 322 g/mol.